The molecule has 0 atom stereocenters. The molecule has 7 nitrogen and oxygen atoms in total. The molecule has 4 rings (SSSR count). The lowest BCUT2D eigenvalue weighted by atomic mass is 9.95. The number of sulfonamides is 1. The van der Waals surface area contributed by atoms with Crippen LogP contribution in [0, 0.1) is 12.8 Å². The molecule has 8 heteroatoms. The molecule has 2 heterocycles. The van der Waals surface area contributed by atoms with Crippen LogP contribution in [-0.2, 0) is 14.8 Å². The van der Waals surface area contributed by atoms with Crippen LogP contribution in [0.4, 0.5) is 5.69 Å². The Morgan fingerprint density at radius 3 is 2.61 bits per heavy atom. The summed E-state index contributed by atoms with van der Waals surface area (Å²) in [6.45, 7) is 2.95. The number of aryl methyl sites for hydroxylation is 1. The number of hydrogen-bond acceptors (Lipinski definition) is 5. The summed E-state index contributed by atoms with van der Waals surface area (Å²) in [5.74, 6) is 0.171. The van der Waals surface area contributed by atoms with Gasteiger partial charge in [-0.25, -0.2) is 0 Å². The molecule has 0 bridgehead atoms. The molecule has 0 aliphatic carbocycles. The summed E-state index contributed by atoms with van der Waals surface area (Å²) in [6, 6.07) is 11.9. The fourth-order valence-electron chi connectivity index (χ4n) is 3.65. The van der Waals surface area contributed by atoms with Gasteiger partial charge in [-0.3, -0.25) is 4.79 Å². The minimum Gasteiger partial charge on any atom is -0.506 e. The second-order valence-electron chi connectivity index (χ2n) is 7.16. The molecule has 0 saturated carbocycles. The number of carbonyl (C=O) groups excluding carboxylic acids is 1. The molecular weight excluding hydrogens is 378 g/mol. The third kappa shape index (κ3) is 3.35. The zero-order chi connectivity index (χ0) is 19.9. The van der Waals surface area contributed by atoms with Gasteiger partial charge in [-0.15, -0.1) is 4.40 Å². The van der Waals surface area contributed by atoms with Crippen LogP contribution in [0.25, 0.3) is 0 Å². The molecule has 1 saturated heterocycles. The lowest BCUT2D eigenvalue weighted by molar-refractivity contribution is -0.121. The largest absolute Gasteiger partial charge is 0.506 e. The first-order valence-electron chi connectivity index (χ1n) is 9.15. The number of nitrogens with one attached hydrogen (secondary N) is 1. The van der Waals surface area contributed by atoms with Gasteiger partial charge in [0.05, 0.1) is 5.69 Å². The Bertz CT molecular complexity index is 1070. The van der Waals surface area contributed by atoms with Crippen LogP contribution < -0.4 is 5.32 Å². The number of piperidine rings is 1. The normalized spacial score (nSPS) is 18.5. The van der Waals surface area contributed by atoms with Gasteiger partial charge in [0.25, 0.3) is 10.0 Å². The van der Waals surface area contributed by atoms with E-state index >= 15 is 0 Å². The first kappa shape index (κ1) is 18.5. The Hall–Kier alpha value is -2.87. The molecule has 2 aromatic rings. The Kier molecular flexibility index (Phi) is 4.58. The molecule has 0 spiro atoms. The molecule has 0 aromatic heterocycles. The first-order chi connectivity index (χ1) is 13.3. The Balaban J connectivity index is 1.43. The summed E-state index contributed by atoms with van der Waals surface area (Å²) in [7, 11) is -3.64. The molecule has 2 N–H and O–H groups in total. The third-order valence-corrected chi connectivity index (χ3v) is 6.51. The lowest BCUT2D eigenvalue weighted by Gasteiger charge is -2.32. The van der Waals surface area contributed by atoms with Crippen LogP contribution in [0.5, 0.6) is 5.75 Å². The van der Waals surface area contributed by atoms with Gasteiger partial charge in [-0.05, 0) is 49.6 Å². The zero-order valence-electron chi connectivity index (χ0n) is 15.4. The van der Waals surface area contributed by atoms with Gasteiger partial charge in [0.15, 0.2) is 5.84 Å². The van der Waals surface area contributed by atoms with E-state index in [-0.39, 0.29) is 22.5 Å². The number of phenols is 1. The number of amides is 1. The topological polar surface area (TPSA) is 99.1 Å². The van der Waals surface area contributed by atoms with Crippen molar-refractivity contribution < 1.29 is 18.3 Å². The van der Waals surface area contributed by atoms with Crippen molar-refractivity contribution in [1.82, 2.24) is 4.90 Å². The molecule has 28 heavy (non-hydrogen) atoms. The van der Waals surface area contributed by atoms with Gasteiger partial charge in [0, 0.05) is 24.6 Å². The van der Waals surface area contributed by atoms with Crippen molar-refractivity contribution >= 4 is 27.5 Å². The maximum Gasteiger partial charge on any atom is 0.285 e. The number of nitrogens with zero attached hydrogens (tertiary/aromatic N) is 2. The lowest BCUT2D eigenvalue weighted by Crippen LogP contribution is -2.41. The molecule has 2 aliphatic rings. The summed E-state index contributed by atoms with van der Waals surface area (Å²) in [5, 5.41) is 12.8. The average Bonchev–Trinajstić information content (AvgIpc) is 2.96. The number of aromatic hydroxyl groups is 1. The molecule has 2 aromatic carbocycles. The number of carbonyl (C=O) groups is 1. The second-order valence-corrected chi connectivity index (χ2v) is 8.73. The summed E-state index contributed by atoms with van der Waals surface area (Å²) in [4.78, 5) is 14.7. The third-order valence-electron chi connectivity index (χ3n) is 5.19. The van der Waals surface area contributed by atoms with Crippen LogP contribution in [0.2, 0.25) is 0 Å². The smallest absolute Gasteiger partial charge is 0.285 e. The fourth-order valence-corrected chi connectivity index (χ4v) is 4.88. The van der Waals surface area contributed by atoms with Crippen LogP contribution in [0.3, 0.4) is 0 Å². The van der Waals surface area contributed by atoms with E-state index in [1.807, 2.05) is 17.9 Å². The van der Waals surface area contributed by atoms with E-state index in [4.69, 9.17) is 0 Å². The number of rotatable bonds is 2. The summed E-state index contributed by atoms with van der Waals surface area (Å²) in [6.07, 6.45) is 1.17. The number of phenolic OH excluding ortho intramolecular Hbond substituents is 1. The summed E-state index contributed by atoms with van der Waals surface area (Å²) < 4.78 is 28.4. The van der Waals surface area contributed by atoms with E-state index in [0.29, 0.717) is 43.0 Å². The predicted molar refractivity (Wildman–Crippen MR) is 106 cm³/mol. The van der Waals surface area contributed by atoms with Gasteiger partial charge < -0.3 is 15.3 Å². The SMILES string of the molecule is Cc1ccc(NC(=O)C2CCN(C3=NS(=O)(=O)c4ccccc43)CC2)c(O)c1. The monoisotopic (exact) mass is 399 g/mol. The van der Waals surface area contributed by atoms with E-state index in [2.05, 4.69) is 9.71 Å². The molecule has 1 amide bonds. The van der Waals surface area contributed by atoms with E-state index in [1.165, 1.54) is 0 Å². The van der Waals surface area contributed by atoms with Crippen molar-refractivity contribution in [3.8, 4) is 5.75 Å². The molecular formula is C20H21N3O4S. The number of hydrogen-bond donors (Lipinski definition) is 2. The predicted octanol–water partition coefficient (Wildman–Crippen LogP) is 2.50. The second kappa shape index (κ2) is 6.94. The van der Waals surface area contributed by atoms with Crippen molar-refractivity contribution in [3.05, 3.63) is 53.6 Å². The number of amidine groups is 1. The number of likely N-dealkylation sites (tertiary alicyclic amines) is 1. The van der Waals surface area contributed by atoms with Crippen molar-refractivity contribution in [2.45, 2.75) is 24.7 Å². The molecule has 1 fully saturated rings. The molecule has 2 aliphatic heterocycles. The Labute approximate surface area is 163 Å². The maximum atomic E-state index is 12.6. The van der Waals surface area contributed by atoms with Crippen LogP contribution in [0.1, 0.15) is 24.0 Å². The zero-order valence-corrected chi connectivity index (χ0v) is 16.2. The van der Waals surface area contributed by atoms with Crippen LogP contribution in [-0.4, -0.2) is 43.3 Å². The standard InChI is InChI=1S/C20H21N3O4S/c1-13-6-7-16(17(24)12-13)21-20(25)14-8-10-23(11-9-14)19-15-4-2-3-5-18(15)28(26,27)22-19/h2-7,12,14,24H,8-11H2,1H3,(H,21,25). The van der Waals surface area contributed by atoms with E-state index in [9.17, 15) is 18.3 Å². The van der Waals surface area contributed by atoms with Crippen molar-refractivity contribution in [2.24, 2.45) is 10.3 Å². The van der Waals surface area contributed by atoms with Crippen LogP contribution >= 0.6 is 0 Å². The Morgan fingerprint density at radius 2 is 1.89 bits per heavy atom. The minimum atomic E-state index is -3.64. The van der Waals surface area contributed by atoms with Gasteiger partial charge in [0.2, 0.25) is 5.91 Å². The van der Waals surface area contributed by atoms with Crippen LogP contribution in [0.15, 0.2) is 51.8 Å². The number of fused-ring (bicyclic) bond motifs is 1. The summed E-state index contributed by atoms with van der Waals surface area (Å²) >= 11 is 0. The maximum absolute atomic E-state index is 12.6. The summed E-state index contributed by atoms with van der Waals surface area (Å²) in [5.41, 5.74) is 1.93. The highest BCUT2D eigenvalue weighted by Gasteiger charge is 2.34. The minimum absolute atomic E-state index is 0.0490. The van der Waals surface area contributed by atoms with Gasteiger partial charge in [-0.2, -0.15) is 8.42 Å². The average molecular weight is 399 g/mol. The highest BCUT2D eigenvalue weighted by Crippen LogP contribution is 2.30. The highest BCUT2D eigenvalue weighted by atomic mass is 32.2. The molecule has 0 radical (unpaired) electrons. The van der Waals surface area contributed by atoms with Gasteiger partial charge >= 0.3 is 0 Å². The number of anilines is 1. The Morgan fingerprint density at radius 1 is 1.18 bits per heavy atom. The first-order valence-corrected chi connectivity index (χ1v) is 10.6. The van der Waals surface area contributed by atoms with Crippen molar-refractivity contribution in [3.63, 3.8) is 0 Å². The van der Waals surface area contributed by atoms with E-state index < -0.39 is 10.0 Å². The van der Waals surface area contributed by atoms with E-state index in [1.54, 1.807) is 36.4 Å². The highest BCUT2D eigenvalue weighted by molar-refractivity contribution is 7.90. The quantitative estimate of drug-likeness (QED) is 0.756. The van der Waals surface area contributed by atoms with Gasteiger partial charge in [-0.1, -0.05) is 18.2 Å². The molecule has 146 valence electrons. The molecule has 0 unspecified atom stereocenters. The van der Waals surface area contributed by atoms with Gasteiger partial charge in [0.1, 0.15) is 10.6 Å². The number of benzene rings is 2. The van der Waals surface area contributed by atoms with Crippen molar-refractivity contribution in [2.75, 3.05) is 18.4 Å². The van der Waals surface area contributed by atoms with Crippen molar-refractivity contribution in [1.29, 1.82) is 0 Å². The fraction of sp³-hybridized carbons (Fsp3) is 0.300. The van der Waals surface area contributed by atoms with E-state index in [0.717, 1.165) is 5.56 Å².